The first kappa shape index (κ1) is 7.53. The molecule has 0 fully saturated rings. The lowest BCUT2D eigenvalue weighted by molar-refractivity contribution is 0.350. The van der Waals surface area contributed by atoms with Crippen molar-refractivity contribution in [2.75, 3.05) is 12.0 Å². The molecule has 0 amide bonds. The van der Waals surface area contributed by atoms with Crippen LogP contribution in [0.1, 0.15) is 6.92 Å². The third kappa shape index (κ3) is 4.38. The molecule has 0 bridgehead atoms. The van der Waals surface area contributed by atoms with E-state index in [4.69, 9.17) is 4.43 Å². The molecule has 1 nitrogen and oxygen atoms in total. The van der Waals surface area contributed by atoms with Gasteiger partial charge in [-0.25, -0.2) is 0 Å². The molecule has 0 aliphatic heterocycles. The molecule has 0 aliphatic rings. The smallest absolute Gasteiger partial charge is 0.218 e. The van der Waals surface area contributed by atoms with Gasteiger partial charge in [0.2, 0.25) is 9.04 Å². The molecule has 7 heavy (non-hydrogen) atoms. The lowest BCUT2D eigenvalue weighted by Crippen LogP contribution is -2.14. The van der Waals surface area contributed by atoms with Crippen LogP contribution in [0.25, 0.3) is 0 Å². The average molecular weight is 135 g/mol. The second-order valence-corrected chi connectivity index (χ2v) is 4.25. The Balaban J connectivity index is 2.83. The standard InChI is InChI=1S/C4H11OSSi/c1-3-5-7(2)4-6/h6H,3-4H2,1-2H3. The second kappa shape index (κ2) is 4.68. The minimum Gasteiger partial charge on any atom is -0.416 e. The maximum atomic E-state index is 5.22. The van der Waals surface area contributed by atoms with Crippen molar-refractivity contribution in [1.82, 2.24) is 0 Å². The highest BCUT2D eigenvalue weighted by Crippen LogP contribution is 1.86. The lowest BCUT2D eigenvalue weighted by Gasteiger charge is -2.02. The number of hydrogen-bond acceptors (Lipinski definition) is 2. The van der Waals surface area contributed by atoms with Gasteiger partial charge >= 0.3 is 0 Å². The zero-order valence-corrected chi connectivity index (χ0v) is 6.66. The summed E-state index contributed by atoms with van der Waals surface area (Å²) in [4.78, 5) is 0. The van der Waals surface area contributed by atoms with E-state index < -0.39 is 9.04 Å². The third-order valence-corrected chi connectivity index (χ3v) is 3.18. The Bertz CT molecular complexity index is 42.7. The summed E-state index contributed by atoms with van der Waals surface area (Å²) in [7, 11) is -0.516. The molecule has 1 radical (unpaired) electrons. The van der Waals surface area contributed by atoms with Crippen LogP contribution < -0.4 is 0 Å². The normalized spacial score (nSPS) is 10.3. The zero-order valence-electron chi connectivity index (χ0n) is 4.77. The molecule has 0 spiro atoms. The topological polar surface area (TPSA) is 9.23 Å². The predicted octanol–water partition coefficient (Wildman–Crippen LogP) is 1.11. The van der Waals surface area contributed by atoms with Gasteiger partial charge in [-0.05, 0) is 13.5 Å². The Kier molecular flexibility index (Phi) is 5.03. The largest absolute Gasteiger partial charge is 0.416 e. The maximum absolute atomic E-state index is 5.22. The Morgan fingerprint density at radius 3 is 2.43 bits per heavy atom. The summed E-state index contributed by atoms with van der Waals surface area (Å²) in [5.74, 6) is 0. The molecule has 0 heterocycles. The lowest BCUT2D eigenvalue weighted by atomic mass is 10.9. The molecule has 0 saturated carbocycles. The van der Waals surface area contributed by atoms with Crippen molar-refractivity contribution in [2.24, 2.45) is 0 Å². The summed E-state index contributed by atoms with van der Waals surface area (Å²) >= 11 is 4.07. The minimum absolute atomic E-state index is 0.516. The zero-order chi connectivity index (χ0) is 5.70. The summed E-state index contributed by atoms with van der Waals surface area (Å²) in [5.41, 5.74) is 0. The van der Waals surface area contributed by atoms with Gasteiger partial charge in [-0.15, -0.1) is 0 Å². The first-order chi connectivity index (χ1) is 3.31. The minimum atomic E-state index is -0.516. The molecule has 0 aliphatic carbocycles. The van der Waals surface area contributed by atoms with Crippen LogP contribution >= 0.6 is 12.6 Å². The van der Waals surface area contributed by atoms with Gasteiger partial charge in [0, 0.05) is 12.0 Å². The molecule has 0 rings (SSSR count). The second-order valence-electron chi connectivity index (χ2n) is 1.29. The summed E-state index contributed by atoms with van der Waals surface area (Å²) in [6.45, 7) is 4.96. The van der Waals surface area contributed by atoms with E-state index in [2.05, 4.69) is 19.2 Å². The van der Waals surface area contributed by atoms with Gasteiger partial charge in [-0.2, -0.15) is 12.6 Å². The van der Waals surface area contributed by atoms with Gasteiger partial charge in [0.05, 0.1) is 0 Å². The first-order valence-corrected chi connectivity index (χ1v) is 5.12. The molecule has 0 unspecified atom stereocenters. The Morgan fingerprint density at radius 2 is 2.29 bits per heavy atom. The van der Waals surface area contributed by atoms with Gasteiger partial charge in [0.15, 0.2) is 0 Å². The molecule has 0 aromatic carbocycles. The van der Waals surface area contributed by atoms with Crippen LogP contribution in [-0.2, 0) is 4.43 Å². The number of hydrogen-bond donors (Lipinski definition) is 1. The molecule has 0 aromatic rings. The van der Waals surface area contributed by atoms with E-state index >= 15 is 0 Å². The monoisotopic (exact) mass is 135 g/mol. The molecule has 3 heteroatoms. The van der Waals surface area contributed by atoms with Crippen LogP contribution in [0.3, 0.4) is 0 Å². The highest BCUT2D eigenvalue weighted by atomic mass is 32.1. The quantitative estimate of drug-likeness (QED) is 0.450. The van der Waals surface area contributed by atoms with E-state index in [1.165, 1.54) is 0 Å². The Hall–Kier alpha value is 0.527. The van der Waals surface area contributed by atoms with Crippen molar-refractivity contribution < 1.29 is 4.43 Å². The summed E-state index contributed by atoms with van der Waals surface area (Å²) in [6.07, 6.45) is 0. The Morgan fingerprint density at radius 1 is 1.71 bits per heavy atom. The van der Waals surface area contributed by atoms with E-state index in [9.17, 15) is 0 Å². The van der Waals surface area contributed by atoms with E-state index in [1.54, 1.807) is 0 Å². The van der Waals surface area contributed by atoms with Crippen LogP contribution in [0.5, 0.6) is 0 Å². The summed E-state index contributed by atoms with van der Waals surface area (Å²) in [6, 6.07) is 0. The van der Waals surface area contributed by atoms with Crippen LogP contribution in [0.2, 0.25) is 6.55 Å². The first-order valence-electron chi connectivity index (χ1n) is 2.37. The van der Waals surface area contributed by atoms with Crippen molar-refractivity contribution >= 4 is 21.7 Å². The van der Waals surface area contributed by atoms with Crippen LogP contribution in [0.15, 0.2) is 0 Å². The summed E-state index contributed by atoms with van der Waals surface area (Å²) in [5, 5.41) is 0.915. The average Bonchev–Trinajstić information content (AvgIpc) is 1.68. The van der Waals surface area contributed by atoms with Crippen LogP contribution in [0, 0.1) is 0 Å². The van der Waals surface area contributed by atoms with Crippen molar-refractivity contribution in [2.45, 2.75) is 13.5 Å². The van der Waals surface area contributed by atoms with Gasteiger partial charge in [0.25, 0.3) is 0 Å². The molecular weight excluding hydrogens is 124 g/mol. The van der Waals surface area contributed by atoms with Crippen molar-refractivity contribution in [3.8, 4) is 0 Å². The summed E-state index contributed by atoms with van der Waals surface area (Å²) < 4.78 is 5.22. The number of rotatable bonds is 3. The van der Waals surface area contributed by atoms with Gasteiger partial charge in [-0.1, -0.05) is 0 Å². The van der Waals surface area contributed by atoms with E-state index in [0.29, 0.717) is 0 Å². The highest BCUT2D eigenvalue weighted by molar-refractivity contribution is 7.81. The SMILES string of the molecule is CCO[Si](C)CS. The molecule has 0 atom stereocenters. The van der Waals surface area contributed by atoms with Crippen molar-refractivity contribution in [3.63, 3.8) is 0 Å². The van der Waals surface area contributed by atoms with Crippen molar-refractivity contribution in [3.05, 3.63) is 0 Å². The Labute approximate surface area is 52.2 Å². The molecular formula is C4H11OSSi. The molecule has 0 N–H and O–H groups in total. The van der Waals surface area contributed by atoms with Gasteiger partial charge in [0.1, 0.15) is 0 Å². The molecule has 0 aromatic heterocycles. The van der Waals surface area contributed by atoms with Crippen LogP contribution in [-0.4, -0.2) is 21.0 Å². The van der Waals surface area contributed by atoms with Gasteiger partial charge in [-0.3, -0.25) is 0 Å². The van der Waals surface area contributed by atoms with E-state index in [0.717, 1.165) is 12.0 Å². The van der Waals surface area contributed by atoms with Crippen molar-refractivity contribution in [1.29, 1.82) is 0 Å². The molecule has 43 valence electrons. The highest BCUT2D eigenvalue weighted by Gasteiger charge is 1.97. The molecule has 0 saturated heterocycles. The third-order valence-electron chi connectivity index (χ3n) is 0.613. The van der Waals surface area contributed by atoms with E-state index in [1.807, 2.05) is 6.92 Å². The fourth-order valence-electron chi connectivity index (χ4n) is 0.292. The number of thiol groups is 1. The van der Waals surface area contributed by atoms with Gasteiger partial charge < -0.3 is 4.43 Å². The maximum Gasteiger partial charge on any atom is 0.218 e. The van der Waals surface area contributed by atoms with E-state index in [-0.39, 0.29) is 0 Å². The fourth-order valence-corrected chi connectivity index (χ4v) is 1.15. The fraction of sp³-hybridized carbons (Fsp3) is 1.00. The van der Waals surface area contributed by atoms with Crippen LogP contribution in [0.4, 0.5) is 0 Å². The predicted molar refractivity (Wildman–Crippen MR) is 37.1 cm³/mol.